The lowest BCUT2D eigenvalue weighted by Gasteiger charge is -2.40. The van der Waals surface area contributed by atoms with Crippen LogP contribution in [0.15, 0.2) is 24.3 Å². The molecule has 1 aliphatic rings. The van der Waals surface area contributed by atoms with Crippen LogP contribution in [0.25, 0.3) is 0 Å². The van der Waals surface area contributed by atoms with Gasteiger partial charge < -0.3 is 9.84 Å². The molecule has 0 amide bonds. The van der Waals surface area contributed by atoms with Crippen LogP contribution in [0.2, 0.25) is 0 Å². The molecule has 3 heteroatoms. The normalized spacial score (nSPS) is 24.8. The third-order valence-corrected chi connectivity index (χ3v) is 4.57. The minimum absolute atomic E-state index is 0.363. The Labute approximate surface area is 128 Å². The van der Waals surface area contributed by atoms with E-state index in [4.69, 9.17) is 4.74 Å². The third kappa shape index (κ3) is 4.72. The molecule has 21 heavy (non-hydrogen) atoms. The maximum absolute atomic E-state index is 10.2. The Hall–Kier alpha value is -1.06. The molecule has 1 aliphatic heterocycles. The summed E-state index contributed by atoms with van der Waals surface area (Å²) in [4.78, 5) is 2.41. The summed E-state index contributed by atoms with van der Waals surface area (Å²) in [6.07, 6.45) is 4.37. The molecule has 3 nitrogen and oxygen atoms in total. The fourth-order valence-electron chi connectivity index (χ4n) is 3.14. The molecule has 3 unspecified atom stereocenters. The predicted molar refractivity (Wildman–Crippen MR) is 86.8 cm³/mol. The summed E-state index contributed by atoms with van der Waals surface area (Å²) in [6.45, 7) is 7.72. The van der Waals surface area contributed by atoms with Gasteiger partial charge in [-0.3, -0.25) is 4.90 Å². The SMILES string of the molecule is CCc1ccc(OCC(O)CN2C(C)CCCC2C)cc1. The summed E-state index contributed by atoms with van der Waals surface area (Å²) in [5.41, 5.74) is 1.30. The van der Waals surface area contributed by atoms with Crippen molar-refractivity contribution in [1.82, 2.24) is 4.90 Å². The second-order valence-corrected chi connectivity index (χ2v) is 6.29. The monoisotopic (exact) mass is 291 g/mol. The maximum Gasteiger partial charge on any atom is 0.119 e. The van der Waals surface area contributed by atoms with Crippen molar-refractivity contribution in [2.24, 2.45) is 0 Å². The maximum atomic E-state index is 10.2. The smallest absolute Gasteiger partial charge is 0.119 e. The summed E-state index contributed by atoms with van der Waals surface area (Å²) in [5, 5.41) is 10.2. The van der Waals surface area contributed by atoms with Gasteiger partial charge in [0.1, 0.15) is 18.5 Å². The second kappa shape index (κ2) is 7.81. The van der Waals surface area contributed by atoms with Crippen molar-refractivity contribution in [2.45, 2.75) is 64.6 Å². The van der Waals surface area contributed by atoms with E-state index in [0.717, 1.165) is 12.2 Å². The lowest BCUT2D eigenvalue weighted by atomic mass is 9.97. The lowest BCUT2D eigenvalue weighted by molar-refractivity contribution is 0.0209. The van der Waals surface area contributed by atoms with Gasteiger partial charge in [0.15, 0.2) is 0 Å². The summed E-state index contributed by atoms with van der Waals surface area (Å²) in [6, 6.07) is 9.25. The van der Waals surface area contributed by atoms with E-state index in [1.54, 1.807) is 0 Å². The van der Waals surface area contributed by atoms with Crippen molar-refractivity contribution < 1.29 is 9.84 Å². The Kier molecular flexibility index (Phi) is 6.07. The number of aryl methyl sites for hydroxylation is 1. The number of ether oxygens (including phenoxy) is 1. The van der Waals surface area contributed by atoms with Crippen LogP contribution in [-0.2, 0) is 6.42 Å². The van der Waals surface area contributed by atoms with E-state index in [2.05, 4.69) is 37.8 Å². The highest BCUT2D eigenvalue weighted by molar-refractivity contribution is 5.27. The first-order chi connectivity index (χ1) is 10.1. The van der Waals surface area contributed by atoms with Crippen molar-refractivity contribution in [3.8, 4) is 5.75 Å². The number of aliphatic hydroxyl groups is 1. The Morgan fingerprint density at radius 2 is 1.81 bits per heavy atom. The topological polar surface area (TPSA) is 32.7 Å². The molecule has 0 spiro atoms. The van der Waals surface area contributed by atoms with Crippen molar-refractivity contribution in [3.63, 3.8) is 0 Å². The molecular formula is C18H29NO2. The average molecular weight is 291 g/mol. The molecular weight excluding hydrogens is 262 g/mol. The van der Waals surface area contributed by atoms with E-state index in [1.807, 2.05) is 12.1 Å². The molecule has 0 aliphatic carbocycles. The molecule has 118 valence electrons. The van der Waals surface area contributed by atoms with Crippen LogP contribution >= 0.6 is 0 Å². The van der Waals surface area contributed by atoms with Crippen LogP contribution in [0.5, 0.6) is 5.75 Å². The van der Waals surface area contributed by atoms with E-state index < -0.39 is 6.10 Å². The molecule has 0 radical (unpaired) electrons. The highest BCUT2D eigenvalue weighted by atomic mass is 16.5. The van der Waals surface area contributed by atoms with Crippen molar-refractivity contribution in [1.29, 1.82) is 0 Å². The Morgan fingerprint density at radius 3 is 2.38 bits per heavy atom. The van der Waals surface area contributed by atoms with Crippen LogP contribution in [0.3, 0.4) is 0 Å². The molecule has 0 bridgehead atoms. The van der Waals surface area contributed by atoms with Crippen LogP contribution in [0.1, 0.15) is 45.6 Å². The largest absolute Gasteiger partial charge is 0.491 e. The number of aliphatic hydroxyl groups excluding tert-OH is 1. The van der Waals surface area contributed by atoms with Gasteiger partial charge >= 0.3 is 0 Å². The predicted octanol–water partition coefficient (Wildman–Crippen LogP) is 3.25. The van der Waals surface area contributed by atoms with Crippen molar-refractivity contribution in [2.75, 3.05) is 13.2 Å². The zero-order valence-electron chi connectivity index (χ0n) is 13.6. The third-order valence-electron chi connectivity index (χ3n) is 4.57. The summed E-state index contributed by atoms with van der Waals surface area (Å²) in [7, 11) is 0. The molecule has 1 aromatic carbocycles. The van der Waals surface area contributed by atoms with Gasteiger partial charge in [-0.15, -0.1) is 0 Å². The Balaban J connectivity index is 1.79. The minimum Gasteiger partial charge on any atom is -0.491 e. The number of benzene rings is 1. The van der Waals surface area contributed by atoms with Crippen molar-refractivity contribution >= 4 is 0 Å². The van der Waals surface area contributed by atoms with E-state index in [9.17, 15) is 5.11 Å². The van der Waals surface area contributed by atoms with E-state index >= 15 is 0 Å². The zero-order valence-corrected chi connectivity index (χ0v) is 13.6. The zero-order chi connectivity index (χ0) is 15.2. The number of nitrogens with zero attached hydrogens (tertiary/aromatic N) is 1. The van der Waals surface area contributed by atoms with Crippen LogP contribution in [0.4, 0.5) is 0 Å². The number of β-amino-alcohol motifs (C(OH)–C–C–N with tert-alkyl or cyclic N) is 1. The van der Waals surface area contributed by atoms with E-state index in [-0.39, 0.29) is 0 Å². The summed E-state index contributed by atoms with van der Waals surface area (Å²) < 4.78 is 5.70. The fraction of sp³-hybridized carbons (Fsp3) is 0.667. The molecule has 3 atom stereocenters. The minimum atomic E-state index is -0.432. The standard InChI is InChI=1S/C18H29NO2/c1-4-16-8-10-18(11-9-16)21-13-17(20)12-19-14(2)6-5-7-15(19)3/h8-11,14-15,17,20H,4-7,12-13H2,1-3H3. The van der Waals surface area contributed by atoms with Gasteiger partial charge in [-0.25, -0.2) is 0 Å². The summed E-state index contributed by atoms with van der Waals surface area (Å²) >= 11 is 0. The molecule has 1 saturated heterocycles. The van der Waals surface area contributed by atoms with E-state index in [0.29, 0.717) is 25.2 Å². The van der Waals surface area contributed by atoms with Gasteiger partial charge in [-0.1, -0.05) is 25.5 Å². The molecule has 1 heterocycles. The molecule has 1 N–H and O–H groups in total. The Morgan fingerprint density at radius 1 is 1.19 bits per heavy atom. The number of hydrogen-bond donors (Lipinski definition) is 1. The lowest BCUT2D eigenvalue weighted by Crippen LogP contribution is -2.48. The first-order valence-electron chi connectivity index (χ1n) is 8.25. The Bertz CT molecular complexity index is 408. The fourth-order valence-corrected chi connectivity index (χ4v) is 3.14. The highest BCUT2D eigenvalue weighted by Gasteiger charge is 2.26. The molecule has 2 rings (SSSR count). The molecule has 1 aromatic rings. The van der Waals surface area contributed by atoms with Gasteiger partial charge in [0, 0.05) is 18.6 Å². The number of rotatable bonds is 6. The first kappa shape index (κ1) is 16.3. The van der Waals surface area contributed by atoms with Crippen molar-refractivity contribution in [3.05, 3.63) is 29.8 Å². The molecule has 0 aromatic heterocycles. The van der Waals surface area contributed by atoms with Gasteiger partial charge in [0.05, 0.1) is 0 Å². The van der Waals surface area contributed by atoms with Crippen LogP contribution in [-0.4, -0.2) is 41.3 Å². The second-order valence-electron chi connectivity index (χ2n) is 6.29. The first-order valence-corrected chi connectivity index (χ1v) is 8.25. The average Bonchev–Trinajstić information content (AvgIpc) is 2.49. The quantitative estimate of drug-likeness (QED) is 0.873. The number of hydrogen-bond acceptors (Lipinski definition) is 3. The van der Waals surface area contributed by atoms with Gasteiger partial charge in [0.2, 0.25) is 0 Å². The van der Waals surface area contributed by atoms with Crippen LogP contribution in [0, 0.1) is 0 Å². The van der Waals surface area contributed by atoms with E-state index in [1.165, 1.54) is 24.8 Å². The van der Waals surface area contributed by atoms with Crippen LogP contribution < -0.4 is 4.74 Å². The molecule has 1 fully saturated rings. The highest BCUT2D eigenvalue weighted by Crippen LogP contribution is 2.22. The van der Waals surface area contributed by atoms with Gasteiger partial charge in [-0.2, -0.15) is 0 Å². The van der Waals surface area contributed by atoms with Gasteiger partial charge in [-0.05, 0) is 50.8 Å². The number of likely N-dealkylation sites (tertiary alicyclic amines) is 1. The van der Waals surface area contributed by atoms with Gasteiger partial charge in [0.25, 0.3) is 0 Å². The summed E-state index contributed by atoms with van der Waals surface area (Å²) in [5.74, 6) is 0.839. The number of piperidine rings is 1. The molecule has 0 saturated carbocycles.